The van der Waals surface area contributed by atoms with Crippen molar-refractivity contribution in [3.8, 4) is 5.75 Å². The van der Waals surface area contributed by atoms with Crippen LogP contribution in [0.15, 0.2) is 17.1 Å². The quantitative estimate of drug-likeness (QED) is 0.899. The summed E-state index contributed by atoms with van der Waals surface area (Å²) in [7, 11) is 1.77. The van der Waals surface area contributed by atoms with E-state index in [1.165, 1.54) is 31.2 Å². The second-order valence-corrected chi connectivity index (χ2v) is 5.98. The van der Waals surface area contributed by atoms with Gasteiger partial charge in [-0.1, -0.05) is 6.07 Å². The fourth-order valence-corrected chi connectivity index (χ4v) is 3.74. The van der Waals surface area contributed by atoms with Crippen molar-refractivity contribution in [2.24, 2.45) is 4.99 Å². The Bertz CT molecular complexity index is 558. The molecule has 0 atom stereocenters. The molecule has 0 aromatic heterocycles. The van der Waals surface area contributed by atoms with Crippen molar-refractivity contribution in [2.45, 2.75) is 37.5 Å². The number of hydrogen-bond donors (Lipinski definition) is 1. The van der Waals surface area contributed by atoms with E-state index in [1.54, 1.807) is 18.2 Å². The van der Waals surface area contributed by atoms with Gasteiger partial charge in [-0.15, -0.1) is 0 Å². The largest absolute Gasteiger partial charge is 0.496 e. The van der Waals surface area contributed by atoms with Crippen LogP contribution >= 0.6 is 0 Å². The summed E-state index contributed by atoms with van der Waals surface area (Å²) in [5, 5.41) is 3.38. The zero-order valence-electron chi connectivity index (χ0n) is 11.5. The van der Waals surface area contributed by atoms with E-state index in [4.69, 9.17) is 4.74 Å². The minimum absolute atomic E-state index is 0.543. The first kappa shape index (κ1) is 11.3. The first-order valence-corrected chi connectivity index (χ1v) is 7.29. The van der Waals surface area contributed by atoms with Crippen LogP contribution < -0.4 is 10.1 Å². The van der Waals surface area contributed by atoms with Crippen LogP contribution in [-0.4, -0.2) is 26.0 Å². The maximum atomic E-state index is 5.59. The second kappa shape index (κ2) is 3.99. The van der Waals surface area contributed by atoms with Gasteiger partial charge < -0.3 is 10.1 Å². The fourth-order valence-electron chi connectivity index (χ4n) is 3.74. The third-order valence-electron chi connectivity index (χ3n) is 4.97. The van der Waals surface area contributed by atoms with Crippen molar-refractivity contribution in [3.05, 3.63) is 28.8 Å². The van der Waals surface area contributed by atoms with Gasteiger partial charge in [0, 0.05) is 18.5 Å². The summed E-state index contributed by atoms with van der Waals surface area (Å²) in [6.07, 6.45) is 6.22. The van der Waals surface area contributed by atoms with Crippen LogP contribution in [0.3, 0.4) is 0 Å². The topological polar surface area (TPSA) is 33.6 Å². The molecule has 1 aromatic carbocycles. The number of hydrogen-bond acceptors (Lipinski definition) is 3. The fraction of sp³-hybridized carbons (Fsp3) is 0.562. The van der Waals surface area contributed by atoms with Gasteiger partial charge in [-0.2, -0.15) is 0 Å². The molecule has 0 unspecified atom stereocenters. The van der Waals surface area contributed by atoms with E-state index in [2.05, 4.69) is 22.4 Å². The van der Waals surface area contributed by atoms with E-state index >= 15 is 0 Å². The van der Waals surface area contributed by atoms with E-state index in [-0.39, 0.29) is 0 Å². The molecule has 2 aliphatic carbocycles. The van der Waals surface area contributed by atoms with Gasteiger partial charge in [0.1, 0.15) is 11.6 Å². The Kier molecular flexibility index (Phi) is 2.38. The molecule has 0 saturated heterocycles. The maximum Gasteiger partial charge on any atom is 0.122 e. The molecule has 1 fully saturated rings. The van der Waals surface area contributed by atoms with Crippen LogP contribution in [0.4, 0.5) is 0 Å². The Morgan fingerprint density at radius 2 is 2.21 bits per heavy atom. The zero-order chi connectivity index (χ0) is 12.9. The summed E-state index contributed by atoms with van der Waals surface area (Å²) in [5.74, 6) is 2.16. The third-order valence-corrected chi connectivity index (χ3v) is 4.97. The zero-order valence-corrected chi connectivity index (χ0v) is 11.5. The van der Waals surface area contributed by atoms with Crippen molar-refractivity contribution in [3.63, 3.8) is 0 Å². The van der Waals surface area contributed by atoms with Crippen molar-refractivity contribution in [2.75, 3.05) is 20.2 Å². The number of benzene rings is 1. The highest BCUT2D eigenvalue weighted by molar-refractivity contribution is 5.86. The minimum atomic E-state index is 0.543. The van der Waals surface area contributed by atoms with Gasteiger partial charge in [-0.3, -0.25) is 4.99 Å². The predicted octanol–water partition coefficient (Wildman–Crippen LogP) is 2.22. The SMILES string of the molecule is COc1ccc2c(c1CC1=NCCN1)CCC21CC1. The van der Waals surface area contributed by atoms with Crippen LogP contribution in [0.2, 0.25) is 0 Å². The van der Waals surface area contributed by atoms with Crippen LogP contribution in [0, 0.1) is 0 Å². The Hall–Kier alpha value is -1.51. The third kappa shape index (κ3) is 1.67. The smallest absolute Gasteiger partial charge is 0.122 e. The molecule has 4 rings (SSSR count). The molecule has 100 valence electrons. The number of aliphatic imine (C=N–C) groups is 1. The van der Waals surface area contributed by atoms with Gasteiger partial charge in [0.05, 0.1) is 13.7 Å². The molecular weight excluding hydrogens is 236 g/mol. The van der Waals surface area contributed by atoms with Crippen molar-refractivity contribution >= 4 is 5.84 Å². The summed E-state index contributed by atoms with van der Waals surface area (Å²) < 4.78 is 5.59. The highest BCUT2D eigenvalue weighted by Crippen LogP contribution is 2.57. The lowest BCUT2D eigenvalue weighted by atomic mass is 9.94. The molecule has 19 heavy (non-hydrogen) atoms. The van der Waals surface area contributed by atoms with E-state index < -0.39 is 0 Å². The van der Waals surface area contributed by atoms with Crippen molar-refractivity contribution < 1.29 is 4.74 Å². The van der Waals surface area contributed by atoms with Gasteiger partial charge in [0.2, 0.25) is 0 Å². The van der Waals surface area contributed by atoms with Crippen LogP contribution in [-0.2, 0) is 18.3 Å². The molecule has 1 N–H and O–H groups in total. The Labute approximate surface area is 114 Å². The van der Waals surface area contributed by atoms with Crippen LogP contribution in [0.25, 0.3) is 0 Å². The summed E-state index contributed by atoms with van der Waals surface area (Å²) in [5.41, 5.74) is 5.06. The second-order valence-electron chi connectivity index (χ2n) is 5.98. The average Bonchev–Trinajstić information content (AvgIpc) is 2.85. The van der Waals surface area contributed by atoms with E-state index in [9.17, 15) is 0 Å². The van der Waals surface area contributed by atoms with Crippen LogP contribution in [0.1, 0.15) is 36.0 Å². The standard InChI is InChI=1S/C16H20N2O/c1-19-14-3-2-13-11(4-5-16(13)6-7-16)12(14)10-15-17-8-9-18-15/h2-3H,4-10H2,1H3,(H,17,18). The summed E-state index contributed by atoms with van der Waals surface area (Å²) >= 11 is 0. The lowest BCUT2D eigenvalue weighted by Gasteiger charge is -2.15. The number of nitrogens with one attached hydrogen (secondary N) is 1. The maximum absolute atomic E-state index is 5.59. The monoisotopic (exact) mass is 256 g/mol. The molecular formula is C16H20N2O. The van der Waals surface area contributed by atoms with Gasteiger partial charge in [-0.05, 0) is 48.3 Å². The molecule has 3 nitrogen and oxygen atoms in total. The van der Waals surface area contributed by atoms with Crippen molar-refractivity contribution in [1.82, 2.24) is 5.32 Å². The van der Waals surface area contributed by atoms with E-state index in [1.807, 2.05) is 0 Å². The van der Waals surface area contributed by atoms with Gasteiger partial charge in [0.25, 0.3) is 0 Å². The number of ether oxygens (including phenoxy) is 1. The lowest BCUT2D eigenvalue weighted by molar-refractivity contribution is 0.410. The highest BCUT2D eigenvalue weighted by Gasteiger charge is 2.49. The van der Waals surface area contributed by atoms with E-state index in [0.717, 1.165) is 31.1 Å². The lowest BCUT2D eigenvalue weighted by Crippen LogP contribution is -2.21. The number of rotatable bonds is 3. The number of amidine groups is 1. The van der Waals surface area contributed by atoms with Crippen molar-refractivity contribution in [1.29, 1.82) is 0 Å². The van der Waals surface area contributed by atoms with Gasteiger partial charge in [0.15, 0.2) is 0 Å². The minimum Gasteiger partial charge on any atom is -0.496 e. The van der Waals surface area contributed by atoms with E-state index in [0.29, 0.717) is 5.41 Å². The van der Waals surface area contributed by atoms with Crippen LogP contribution in [0.5, 0.6) is 5.75 Å². The molecule has 0 amide bonds. The van der Waals surface area contributed by atoms with Gasteiger partial charge >= 0.3 is 0 Å². The number of fused-ring (bicyclic) bond motifs is 2. The number of methoxy groups -OCH3 is 1. The van der Waals surface area contributed by atoms with Gasteiger partial charge in [-0.25, -0.2) is 0 Å². The molecule has 3 heteroatoms. The molecule has 0 radical (unpaired) electrons. The molecule has 1 saturated carbocycles. The predicted molar refractivity (Wildman–Crippen MR) is 76.2 cm³/mol. The number of nitrogens with zero attached hydrogens (tertiary/aromatic N) is 1. The molecule has 1 aromatic rings. The first-order valence-electron chi connectivity index (χ1n) is 7.29. The molecule has 1 heterocycles. The molecule has 0 bridgehead atoms. The summed E-state index contributed by atoms with van der Waals surface area (Å²) in [4.78, 5) is 4.53. The molecule has 3 aliphatic rings. The Balaban J connectivity index is 1.77. The Morgan fingerprint density at radius 1 is 1.32 bits per heavy atom. The average molecular weight is 256 g/mol. The summed E-state index contributed by atoms with van der Waals surface area (Å²) in [6.45, 7) is 1.90. The highest BCUT2D eigenvalue weighted by atomic mass is 16.5. The Morgan fingerprint density at radius 3 is 2.89 bits per heavy atom. The normalized spacial score (nSPS) is 22.1. The first-order chi connectivity index (χ1) is 9.32. The summed E-state index contributed by atoms with van der Waals surface area (Å²) in [6, 6.07) is 4.47. The molecule has 1 aliphatic heterocycles. The molecule has 1 spiro atoms.